The number of aromatic amines is 1. The van der Waals surface area contributed by atoms with Gasteiger partial charge in [0, 0.05) is 20.9 Å². The van der Waals surface area contributed by atoms with Crippen molar-refractivity contribution in [3.05, 3.63) is 75.5 Å². The van der Waals surface area contributed by atoms with Crippen LogP contribution in [0.3, 0.4) is 0 Å². The topological polar surface area (TPSA) is 81.9 Å². The van der Waals surface area contributed by atoms with Gasteiger partial charge in [-0.05, 0) is 41.1 Å². The van der Waals surface area contributed by atoms with Crippen LogP contribution in [0.5, 0.6) is 5.75 Å². The van der Waals surface area contributed by atoms with Crippen LogP contribution in [0.4, 0.5) is 5.69 Å². The summed E-state index contributed by atoms with van der Waals surface area (Å²) in [5.41, 5.74) is 2.62. The van der Waals surface area contributed by atoms with Gasteiger partial charge in [0.2, 0.25) is 5.16 Å². The molecule has 0 saturated carbocycles. The van der Waals surface area contributed by atoms with Gasteiger partial charge in [-0.25, -0.2) is 0 Å². The highest BCUT2D eigenvalue weighted by molar-refractivity contribution is 9.10. The van der Waals surface area contributed by atoms with Gasteiger partial charge < -0.3 is 10.4 Å². The minimum Gasteiger partial charge on any atom is -0.508 e. The maximum absolute atomic E-state index is 12.9. The first-order valence-electron chi connectivity index (χ1n) is 8.22. The zero-order valence-electron chi connectivity index (χ0n) is 14.1. The predicted molar refractivity (Wildman–Crippen MR) is 109 cm³/mol. The van der Waals surface area contributed by atoms with Crippen LogP contribution < -0.4 is 15.6 Å². The molecule has 1 aliphatic heterocycles. The molecule has 2 aromatic carbocycles. The van der Waals surface area contributed by atoms with Gasteiger partial charge >= 0.3 is 11.3 Å². The number of aromatic nitrogens is 3. The van der Waals surface area contributed by atoms with Gasteiger partial charge in [0.25, 0.3) is 6.17 Å². The summed E-state index contributed by atoms with van der Waals surface area (Å²) < 4.78 is 2.54. The summed E-state index contributed by atoms with van der Waals surface area (Å²) in [7, 11) is 0. The number of phenols is 1. The molecule has 0 aliphatic carbocycles. The van der Waals surface area contributed by atoms with Crippen molar-refractivity contribution < 1.29 is 9.79 Å². The monoisotopic (exact) mass is 443 g/mol. The summed E-state index contributed by atoms with van der Waals surface area (Å²) in [5, 5.41) is 18.5. The van der Waals surface area contributed by atoms with Crippen LogP contribution in [0.25, 0.3) is 11.3 Å². The molecule has 0 radical (unpaired) electrons. The van der Waals surface area contributed by atoms with Crippen molar-refractivity contribution in [2.75, 3.05) is 11.1 Å². The average molecular weight is 444 g/mol. The molecule has 136 valence electrons. The number of halogens is 1. The van der Waals surface area contributed by atoms with Crippen LogP contribution in [0, 0.1) is 0 Å². The highest BCUT2D eigenvalue weighted by Crippen LogP contribution is 2.34. The van der Waals surface area contributed by atoms with Gasteiger partial charge in [0.1, 0.15) is 5.75 Å². The van der Waals surface area contributed by atoms with Gasteiger partial charge in [-0.1, -0.05) is 39.8 Å². The minimum atomic E-state index is -0.425. The molecule has 0 bridgehead atoms. The molecule has 1 aromatic heterocycles. The van der Waals surface area contributed by atoms with Gasteiger partial charge in [-0.2, -0.15) is 0 Å². The zero-order chi connectivity index (χ0) is 19.0. The van der Waals surface area contributed by atoms with E-state index < -0.39 is 6.17 Å². The second kappa shape index (κ2) is 7.21. The summed E-state index contributed by atoms with van der Waals surface area (Å²) in [4.78, 5) is 15.8. The van der Waals surface area contributed by atoms with Crippen LogP contribution >= 0.6 is 27.7 Å². The van der Waals surface area contributed by atoms with Crippen LogP contribution in [-0.4, -0.2) is 20.9 Å². The van der Waals surface area contributed by atoms with Crippen molar-refractivity contribution >= 4 is 33.4 Å². The molecule has 4 rings (SSSR count). The van der Waals surface area contributed by atoms with E-state index in [1.165, 1.54) is 11.8 Å². The van der Waals surface area contributed by atoms with Gasteiger partial charge in [0.05, 0.1) is 11.3 Å². The lowest BCUT2D eigenvalue weighted by atomic mass is 10.0. The van der Waals surface area contributed by atoms with Crippen LogP contribution in [0.15, 0.2) is 69.5 Å². The molecular formula is C19H16BrN4O2S+. The van der Waals surface area contributed by atoms with Crippen molar-refractivity contribution in [2.24, 2.45) is 0 Å². The third kappa shape index (κ3) is 3.38. The highest BCUT2D eigenvalue weighted by atomic mass is 79.9. The number of hydrogen-bond acceptors (Lipinski definition) is 5. The normalized spacial score (nSPS) is 14.8. The van der Waals surface area contributed by atoms with E-state index >= 15 is 0 Å². The molecule has 1 atom stereocenters. The third-order valence-corrected chi connectivity index (χ3v) is 5.51. The predicted octanol–water partition coefficient (Wildman–Crippen LogP) is 3.44. The van der Waals surface area contributed by atoms with Crippen molar-refractivity contribution in [2.45, 2.75) is 11.3 Å². The molecule has 27 heavy (non-hydrogen) atoms. The van der Waals surface area contributed by atoms with E-state index in [0.717, 1.165) is 21.3 Å². The number of anilines is 1. The van der Waals surface area contributed by atoms with Crippen molar-refractivity contribution in [3.8, 4) is 17.0 Å². The molecular weight excluding hydrogens is 428 g/mol. The third-order valence-electron chi connectivity index (χ3n) is 4.16. The molecule has 3 N–H and O–H groups in total. The molecule has 1 aliphatic rings. The smallest absolute Gasteiger partial charge is 0.325 e. The second-order valence-electron chi connectivity index (χ2n) is 5.98. The number of nitrogens with one attached hydrogen (secondary N) is 2. The number of hydrogen-bond donors (Lipinski definition) is 3. The van der Waals surface area contributed by atoms with Gasteiger partial charge in [-0.15, -0.1) is 6.58 Å². The van der Waals surface area contributed by atoms with E-state index in [9.17, 15) is 9.90 Å². The molecule has 2 heterocycles. The molecule has 8 heteroatoms. The lowest BCUT2D eigenvalue weighted by Gasteiger charge is -2.22. The Labute approximate surface area is 168 Å². The summed E-state index contributed by atoms with van der Waals surface area (Å²) >= 11 is 4.87. The largest absolute Gasteiger partial charge is 0.508 e. The number of aromatic hydroxyl groups is 1. The molecule has 0 saturated heterocycles. The maximum atomic E-state index is 12.9. The van der Waals surface area contributed by atoms with Crippen LogP contribution in [-0.2, 0) is 0 Å². The van der Waals surface area contributed by atoms with Crippen molar-refractivity contribution in [3.63, 3.8) is 0 Å². The molecule has 0 spiro atoms. The zero-order valence-corrected chi connectivity index (χ0v) is 16.5. The Bertz CT molecular complexity index is 1100. The van der Waals surface area contributed by atoms with Crippen LogP contribution in [0.2, 0.25) is 0 Å². The SMILES string of the molecule is C=CCSc1n[n+]2c(c(=O)[nH]1)-c1cc(Br)ccc1N[C@@H]2c1cccc(O)c1. The Morgan fingerprint density at radius 1 is 1.33 bits per heavy atom. The second-order valence-corrected chi connectivity index (χ2v) is 7.91. The van der Waals surface area contributed by atoms with E-state index in [1.54, 1.807) is 29.0 Å². The van der Waals surface area contributed by atoms with E-state index in [0.29, 0.717) is 16.6 Å². The first-order valence-corrected chi connectivity index (χ1v) is 10.00. The summed E-state index contributed by atoms with van der Waals surface area (Å²) in [6, 6.07) is 12.6. The van der Waals surface area contributed by atoms with Crippen LogP contribution in [0.1, 0.15) is 11.7 Å². The van der Waals surface area contributed by atoms with E-state index in [1.807, 2.05) is 24.3 Å². The number of H-pyrrole nitrogens is 1. The quantitative estimate of drug-likeness (QED) is 0.326. The lowest BCUT2D eigenvalue weighted by Crippen LogP contribution is -2.55. The number of thioether (sulfide) groups is 1. The minimum absolute atomic E-state index is 0.157. The molecule has 0 amide bonds. The number of rotatable bonds is 4. The average Bonchev–Trinajstić information content (AvgIpc) is 2.65. The summed E-state index contributed by atoms with van der Waals surface area (Å²) in [6.07, 6.45) is 1.33. The van der Waals surface area contributed by atoms with E-state index in [4.69, 9.17) is 0 Å². The molecule has 0 fully saturated rings. The molecule has 6 nitrogen and oxygen atoms in total. The maximum Gasteiger partial charge on any atom is 0.325 e. The number of fused-ring (bicyclic) bond motifs is 3. The Balaban J connectivity index is 1.95. The molecule has 0 unspecified atom stereocenters. The Kier molecular flexibility index (Phi) is 4.75. The lowest BCUT2D eigenvalue weighted by molar-refractivity contribution is -0.759. The molecule has 3 aromatic rings. The van der Waals surface area contributed by atoms with Gasteiger partial charge in [0.15, 0.2) is 0 Å². The van der Waals surface area contributed by atoms with Gasteiger partial charge in [-0.3, -0.25) is 9.78 Å². The first-order chi connectivity index (χ1) is 13.1. The Morgan fingerprint density at radius 3 is 2.96 bits per heavy atom. The standard InChI is InChI=1S/C19H15BrN4O2S/c1-2-8-27-19-22-18(26)16-14-10-12(20)6-7-15(14)21-17(24(16)23-19)11-4-3-5-13(25)9-11/h2-7,9-10,17H,1,8H2,(H2,22,23,25,26)/p+1/t17-/m0/s1. The summed E-state index contributed by atoms with van der Waals surface area (Å²) in [6.45, 7) is 3.70. The fourth-order valence-electron chi connectivity index (χ4n) is 3.03. The highest BCUT2D eigenvalue weighted by Gasteiger charge is 2.37. The fourth-order valence-corrected chi connectivity index (χ4v) is 3.98. The van der Waals surface area contributed by atoms with Crippen molar-refractivity contribution in [1.82, 2.24) is 10.1 Å². The van der Waals surface area contributed by atoms with Crippen molar-refractivity contribution in [1.29, 1.82) is 0 Å². The fraction of sp³-hybridized carbons (Fsp3) is 0.105. The Hall–Kier alpha value is -2.58. The van der Waals surface area contributed by atoms with E-state index in [2.05, 4.69) is 37.9 Å². The first kappa shape index (κ1) is 17.8. The number of nitrogens with zero attached hydrogens (tertiary/aromatic N) is 2. The number of benzene rings is 2. The summed E-state index contributed by atoms with van der Waals surface area (Å²) in [5.74, 6) is 0.790. The Morgan fingerprint density at radius 2 is 2.19 bits per heavy atom. The van der Waals surface area contributed by atoms with E-state index in [-0.39, 0.29) is 11.3 Å². The number of phenolic OH excluding ortho intramolecular Hbond substituents is 1.